The third-order valence-corrected chi connectivity index (χ3v) is 4.63. The fraction of sp³-hybridized carbons (Fsp3) is 0.368. The van der Waals surface area contributed by atoms with Crippen molar-refractivity contribution in [2.75, 3.05) is 13.2 Å². The van der Waals surface area contributed by atoms with Crippen LogP contribution >= 0.6 is 0 Å². The summed E-state index contributed by atoms with van der Waals surface area (Å²) in [6, 6.07) is 12.2. The topological polar surface area (TPSA) is 88.6 Å². The van der Waals surface area contributed by atoms with Crippen LogP contribution in [0.3, 0.4) is 0 Å². The van der Waals surface area contributed by atoms with Gasteiger partial charge in [0.2, 0.25) is 5.91 Å². The van der Waals surface area contributed by atoms with Gasteiger partial charge in [-0.3, -0.25) is 14.2 Å². The number of benzene rings is 1. The van der Waals surface area contributed by atoms with Crippen molar-refractivity contribution in [2.45, 2.75) is 31.3 Å². The largest absolute Gasteiger partial charge is 0.394 e. The molecule has 3 N–H and O–H groups in total. The summed E-state index contributed by atoms with van der Waals surface area (Å²) in [5.41, 5.74) is 7.66. The second kappa shape index (κ2) is 7.63. The molecule has 2 aromatic rings. The van der Waals surface area contributed by atoms with Gasteiger partial charge in [0.05, 0.1) is 6.61 Å². The number of hydrogen-bond donors (Lipinski definition) is 2. The van der Waals surface area contributed by atoms with E-state index in [-0.39, 0.29) is 11.8 Å². The molecule has 2 atom stereocenters. The maximum absolute atomic E-state index is 13.0. The summed E-state index contributed by atoms with van der Waals surface area (Å²) in [5.74, 6) is -0.484. The fourth-order valence-electron chi connectivity index (χ4n) is 3.32. The zero-order valence-electron chi connectivity index (χ0n) is 14.0. The van der Waals surface area contributed by atoms with E-state index in [0.29, 0.717) is 19.4 Å². The molecule has 6 nitrogen and oxygen atoms in total. The number of aliphatic hydroxyl groups excluding tert-OH is 1. The monoisotopic (exact) mass is 341 g/mol. The van der Waals surface area contributed by atoms with Crippen LogP contribution in [0, 0.1) is 0 Å². The minimum Gasteiger partial charge on any atom is -0.394 e. The van der Waals surface area contributed by atoms with Gasteiger partial charge in [0.15, 0.2) is 0 Å². The zero-order valence-corrected chi connectivity index (χ0v) is 14.0. The summed E-state index contributed by atoms with van der Waals surface area (Å²) in [6.45, 7) is 0.0806. The molecule has 2 heterocycles. The van der Waals surface area contributed by atoms with Gasteiger partial charge in [-0.2, -0.15) is 0 Å². The first-order valence-corrected chi connectivity index (χ1v) is 8.53. The number of amides is 1. The lowest BCUT2D eigenvalue weighted by molar-refractivity contribution is -0.133. The third-order valence-electron chi connectivity index (χ3n) is 4.63. The number of nitrogens with zero attached hydrogens (tertiary/aromatic N) is 2. The highest BCUT2D eigenvalue weighted by Crippen LogP contribution is 2.21. The maximum atomic E-state index is 13.0. The van der Waals surface area contributed by atoms with Crippen LogP contribution < -0.4 is 5.73 Å². The molecule has 3 rings (SSSR count). The van der Waals surface area contributed by atoms with Crippen LogP contribution in [0.4, 0.5) is 0 Å². The molecule has 6 heteroatoms. The summed E-state index contributed by atoms with van der Waals surface area (Å²) in [6.07, 6.45) is 3.77. The van der Waals surface area contributed by atoms with Gasteiger partial charge in [-0.15, -0.1) is 0 Å². The lowest BCUT2D eigenvalue weighted by Crippen LogP contribution is -2.50. The smallest absolute Gasteiger partial charge is 0.253 e. The van der Waals surface area contributed by atoms with E-state index < -0.39 is 18.7 Å². The van der Waals surface area contributed by atoms with Crippen LogP contribution in [-0.2, 0) is 11.2 Å². The molecule has 0 saturated carbocycles. The van der Waals surface area contributed by atoms with E-state index in [1.807, 2.05) is 42.5 Å². The molecule has 132 valence electrons. The molecule has 1 fully saturated rings. The average molecular weight is 341 g/mol. The van der Waals surface area contributed by atoms with Crippen molar-refractivity contribution in [3.8, 4) is 0 Å². The first-order valence-electron chi connectivity index (χ1n) is 8.53. The SMILES string of the molecule is N[C@@H](CO)C(=O)N1CCC[C@H]1C(=O)n1cccc1Cc1ccccc1. The van der Waals surface area contributed by atoms with Gasteiger partial charge in [0, 0.05) is 24.9 Å². The molecule has 1 aromatic carbocycles. The fourth-order valence-corrected chi connectivity index (χ4v) is 3.32. The highest BCUT2D eigenvalue weighted by Gasteiger charge is 2.36. The number of aliphatic hydroxyl groups is 1. The van der Waals surface area contributed by atoms with Crippen LogP contribution in [0.15, 0.2) is 48.7 Å². The maximum Gasteiger partial charge on any atom is 0.253 e. The van der Waals surface area contributed by atoms with E-state index in [1.165, 1.54) is 4.90 Å². The van der Waals surface area contributed by atoms with Crippen LogP contribution in [0.2, 0.25) is 0 Å². The van der Waals surface area contributed by atoms with Crippen molar-refractivity contribution in [1.29, 1.82) is 0 Å². The van der Waals surface area contributed by atoms with E-state index in [0.717, 1.165) is 17.7 Å². The molecule has 0 bridgehead atoms. The summed E-state index contributed by atoms with van der Waals surface area (Å²) >= 11 is 0. The number of rotatable bonds is 5. The van der Waals surface area contributed by atoms with Gasteiger partial charge in [0.25, 0.3) is 5.91 Å². The zero-order chi connectivity index (χ0) is 17.8. The normalized spacial score (nSPS) is 18.3. The number of carbonyl (C=O) groups excluding carboxylic acids is 2. The Morgan fingerprint density at radius 3 is 2.68 bits per heavy atom. The van der Waals surface area contributed by atoms with Crippen LogP contribution in [0.1, 0.15) is 28.9 Å². The van der Waals surface area contributed by atoms with Crippen molar-refractivity contribution in [3.63, 3.8) is 0 Å². The van der Waals surface area contributed by atoms with Crippen molar-refractivity contribution >= 4 is 11.8 Å². The molecule has 0 radical (unpaired) electrons. The van der Waals surface area contributed by atoms with Gasteiger partial charge in [-0.25, -0.2) is 0 Å². The number of likely N-dealkylation sites (tertiary alicyclic amines) is 1. The van der Waals surface area contributed by atoms with Crippen LogP contribution in [0.25, 0.3) is 0 Å². The number of hydrogen-bond acceptors (Lipinski definition) is 4. The second-order valence-electron chi connectivity index (χ2n) is 6.35. The third kappa shape index (κ3) is 3.65. The predicted molar refractivity (Wildman–Crippen MR) is 94.1 cm³/mol. The van der Waals surface area contributed by atoms with Crippen LogP contribution in [0.5, 0.6) is 0 Å². The molecule has 1 saturated heterocycles. The van der Waals surface area contributed by atoms with Gasteiger partial charge in [0.1, 0.15) is 12.1 Å². The van der Waals surface area contributed by atoms with Gasteiger partial charge < -0.3 is 15.7 Å². The first-order chi connectivity index (χ1) is 12.1. The minimum absolute atomic E-state index is 0.119. The quantitative estimate of drug-likeness (QED) is 0.850. The molecule has 1 aliphatic heterocycles. The standard InChI is InChI=1S/C19H23N3O3/c20-16(13-23)18(24)22-11-5-9-17(22)19(25)21-10-4-8-15(21)12-14-6-2-1-3-7-14/h1-4,6-8,10,16-17,23H,5,9,11-13,20H2/t16-,17-/m0/s1. The van der Waals surface area contributed by atoms with E-state index in [9.17, 15) is 9.59 Å². The Labute approximate surface area is 146 Å². The Hall–Kier alpha value is -2.44. The molecule has 1 aliphatic rings. The number of carbonyl (C=O) groups is 2. The molecular weight excluding hydrogens is 318 g/mol. The first kappa shape index (κ1) is 17.4. The van der Waals surface area contributed by atoms with Crippen molar-refractivity contribution in [1.82, 2.24) is 9.47 Å². The molecule has 0 spiro atoms. The molecule has 25 heavy (non-hydrogen) atoms. The Morgan fingerprint density at radius 1 is 1.20 bits per heavy atom. The summed E-state index contributed by atoms with van der Waals surface area (Å²) < 4.78 is 1.63. The molecule has 0 aliphatic carbocycles. The summed E-state index contributed by atoms with van der Waals surface area (Å²) in [7, 11) is 0. The predicted octanol–water partition coefficient (Wildman–Crippen LogP) is 1.03. The van der Waals surface area contributed by atoms with E-state index in [1.54, 1.807) is 10.8 Å². The van der Waals surface area contributed by atoms with E-state index >= 15 is 0 Å². The Kier molecular flexibility index (Phi) is 5.31. The molecular formula is C19H23N3O3. The molecule has 1 amide bonds. The van der Waals surface area contributed by atoms with Crippen molar-refractivity contribution < 1.29 is 14.7 Å². The van der Waals surface area contributed by atoms with Gasteiger partial charge >= 0.3 is 0 Å². The lowest BCUT2D eigenvalue weighted by Gasteiger charge is -2.26. The number of nitrogens with two attached hydrogens (primary N) is 1. The highest BCUT2D eigenvalue weighted by atomic mass is 16.3. The van der Waals surface area contributed by atoms with E-state index in [4.69, 9.17) is 10.8 Å². The minimum atomic E-state index is -0.971. The molecule has 1 aromatic heterocycles. The molecule has 0 unspecified atom stereocenters. The Bertz CT molecular complexity index is 741. The van der Waals surface area contributed by atoms with Gasteiger partial charge in [-0.05, 0) is 30.5 Å². The average Bonchev–Trinajstić information content (AvgIpc) is 3.30. The summed E-state index contributed by atoms with van der Waals surface area (Å²) in [5, 5.41) is 9.12. The van der Waals surface area contributed by atoms with Crippen LogP contribution in [-0.4, -0.2) is 51.6 Å². The number of aromatic nitrogens is 1. The van der Waals surface area contributed by atoms with Crippen molar-refractivity contribution in [2.24, 2.45) is 5.73 Å². The van der Waals surface area contributed by atoms with Crippen molar-refractivity contribution in [3.05, 3.63) is 59.9 Å². The highest BCUT2D eigenvalue weighted by molar-refractivity contribution is 5.92. The second-order valence-corrected chi connectivity index (χ2v) is 6.35. The summed E-state index contributed by atoms with van der Waals surface area (Å²) in [4.78, 5) is 26.8. The van der Waals surface area contributed by atoms with E-state index in [2.05, 4.69) is 0 Å². The Balaban J connectivity index is 1.79. The van der Waals surface area contributed by atoms with Gasteiger partial charge in [-0.1, -0.05) is 30.3 Å². The lowest BCUT2D eigenvalue weighted by atomic mass is 10.1. The Morgan fingerprint density at radius 2 is 1.96 bits per heavy atom.